The summed E-state index contributed by atoms with van der Waals surface area (Å²) in [5.41, 5.74) is 17.6. The summed E-state index contributed by atoms with van der Waals surface area (Å²) in [5, 5.41) is 5.24. The maximum atomic E-state index is 2.46. The third-order valence-electron chi connectivity index (χ3n) is 10.9. The average Bonchev–Trinajstić information content (AvgIpc) is 3.43. The lowest BCUT2D eigenvalue weighted by atomic mass is 9.80. The minimum absolute atomic E-state index is 0.00715. The molecule has 0 heterocycles. The molecule has 0 bridgehead atoms. The second-order valence-electron chi connectivity index (χ2n) is 14.2. The van der Waals surface area contributed by atoms with E-state index < -0.39 is 0 Å². The van der Waals surface area contributed by atoms with Crippen LogP contribution < -0.4 is 0 Å². The summed E-state index contributed by atoms with van der Waals surface area (Å²) >= 11 is 0. The van der Waals surface area contributed by atoms with Gasteiger partial charge in [-0.1, -0.05) is 155 Å². The van der Waals surface area contributed by atoms with Crippen LogP contribution in [0.1, 0.15) is 55.5 Å². The van der Waals surface area contributed by atoms with Gasteiger partial charge in [0.2, 0.25) is 0 Å². The van der Waals surface area contributed by atoms with Gasteiger partial charge >= 0.3 is 0 Å². The van der Waals surface area contributed by atoms with Crippen LogP contribution >= 0.6 is 0 Å². The van der Waals surface area contributed by atoms with E-state index in [1.165, 1.54) is 93.9 Å². The first-order chi connectivity index (χ1) is 21.8. The predicted octanol–water partition coefficient (Wildman–Crippen LogP) is 12.2. The molecule has 45 heavy (non-hydrogen) atoms. The average molecular weight is 577 g/mol. The molecular weight excluding hydrogens is 540 g/mol. The van der Waals surface area contributed by atoms with Gasteiger partial charge in [-0.25, -0.2) is 0 Å². The van der Waals surface area contributed by atoms with E-state index in [9.17, 15) is 0 Å². The third-order valence-corrected chi connectivity index (χ3v) is 10.9. The van der Waals surface area contributed by atoms with Crippen LogP contribution in [0.4, 0.5) is 0 Å². The van der Waals surface area contributed by atoms with Crippen molar-refractivity contribution in [1.29, 1.82) is 0 Å². The molecule has 0 atom stereocenters. The van der Waals surface area contributed by atoms with Crippen LogP contribution in [0.15, 0.2) is 127 Å². The van der Waals surface area contributed by atoms with Gasteiger partial charge in [-0.2, -0.15) is 0 Å². The van der Waals surface area contributed by atoms with Crippen LogP contribution in [0.25, 0.3) is 66.1 Å². The van der Waals surface area contributed by atoms with Crippen molar-refractivity contribution < 1.29 is 0 Å². The zero-order chi connectivity index (χ0) is 30.7. The van der Waals surface area contributed by atoms with Gasteiger partial charge in [0.15, 0.2) is 0 Å². The van der Waals surface area contributed by atoms with E-state index in [4.69, 9.17) is 0 Å². The van der Waals surface area contributed by atoms with Crippen molar-refractivity contribution in [3.8, 4) is 44.5 Å². The van der Waals surface area contributed by atoms with Gasteiger partial charge in [-0.3, -0.25) is 0 Å². The summed E-state index contributed by atoms with van der Waals surface area (Å²) in [6, 6.07) is 48.3. The van der Waals surface area contributed by atoms with Gasteiger partial charge in [-0.05, 0) is 101 Å². The van der Waals surface area contributed by atoms with E-state index >= 15 is 0 Å². The number of hydrogen-bond acceptors (Lipinski definition) is 0. The van der Waals surface area contributed by atoms with Crippen LogP contribution in [-0.2, 0) is 10.8 Å². The minimum atomic E-state index is -0.0431. The summed E-state index contributed by atoms with van der Waals surface area (Å²) in [6.07, 6.45) is 0. The van der Waals surface area contributed by atoms with Crippen molar-refractivity contribution in [3.63, 3.8) is 0 Å². The van der Waals surface area contributed by atoms with Gasteiger partial charge in [-0.15, -0.1) is 0 Å². The maximum Gasteiger partial charge on any atom is 0.0159 e. The fraction of sp³-hybridized carbons (Fsp3) is 0.156. The first-order valence-corrected chi connectivity index (χ1v) is 16.2. The Hall–Kier alpha value is -4.94. The first-order valence-electron chi connectivity index (χ1n) is 16.2. The molecule has 0 saturated carbocycles. The van der Waals surface area contributed by atoms with Crippen LogP contribution in [0.5, 0.6) is 0 Å². The Morgan fingerprint density at radius 1 is 0.356 bits per heavy atom. The first kappa shape index (κ1) is 26.5. The second kappa shape index (κ2) is 9.05. The smallest absolute Gasteiger partial charge is 0.0159 e. The Bertz CT molecular complexity index is 2380. The Morgan fingerprint density at radius 3 is 1.69 bits per heavy atom. The molecule has 2 aliphatic rings. The van der Waals surface area contributed by atoms with E-state index in [1.807, 2.05) is 0 Å². The lowest BCUT2D eigenvalue weighted by Gasteiger charge is -2.23. The summed E-state index contributed by atoms with van der Waals surface area (Å²) in [6.45, 7) is 11.7. The molecule has 0 aromatic heterocycles. The Kier molecular flexibility index (Phi) is 5.32. The van der Waals surface area contributed by atoms with Gasteiger partial charge in [0.1, 0.15) is 0 Å². The van der Waals surface area contributed by atoms with E-state index in [0.717, 1.165) is 0 Å². The molecule has 0 spiro atoms. The SMILES string of the molecule is Cc1ccc2c(-c3cccc4c3-c3ccccc3C4(C)C)c3ccccc3c(-c3ccc4c(c3)-c3ccccc3C4(C)C)c2c1. The van der Waals surface area contributed by atoms with Crippen molar-refractivity contribution in [2.75, 3.05) is 0 Å². The molecule has 2 aliphatic carbocycles. The van der Waals surface area contributed by atoms with Crippen molar-refractivity contribution >= 4 is 21.5 Å². The molecule has 0 radical (unpaired) electrons. The molecule has 9 rings (SSSR count). The molecule has 7 aromatic carbocycles. The number of hydrogen-bond donors (Lipinski definition) is 0. The molecule has 216 valence electrons. The molecule has 0 fully saturated rings. The molecule has 0 amide bonds. The van der Waals surface area contributed by atoms with Crippen LogP contribution in [-0.4, -0.2) is 0 Å². The zero-order valence-corrected chi connectivity index (χ0v) is 26.6. The van der Waals surface area contributed by atoms with E-state index in [-0.39, 0.29) is 10.8 Å². The quantitative estimate of drug-likeness (QED) is 0.180. The molecule has 0 saturated heterocycles. The summed E-state index contributed by atoms with van der Waals surface area (Å²) in [5.74, 6) is 0. The topological polar surface area (TPSA) is 0 Å². The summed E-state index contributed by atoms with van der Waals surface area (Å²) < 4.78 is 0. The zero-order valence-electron chi connectivity index (χ0n) is 26.6. The molecule has 0 N–H and O–H groups in total. The van der Waals surface area contributed by atoms with E-state index in [0.29, 0.717) is 0 Å². The van der Waals surface area contributed by atoms with Crippen molar-refractivity contribution in [2.24, 2.45) is 0 Å². The van der Waals surface area contributed by atoms with Crippen LogP contribution in [0, 0.1) is 6.92 Å². The third kappa shape index (κ3) is 3.49. The van der Waals surface area contributed by atoms with Crippen molar-refractivity contribution in [1.82, 2.24) is 0 Å². The van der Waals surface area contributed by atoms with Crippen molar-refractivity contribution in [3.05, 3.63) is 155 Å². The second-order valence-corrected chi connectivity index (χ2v) is 14.2. The summed E-state index contributed by atoms with van der Waals surface area (Å²) in [4.78, 5) is 0. The maximum absolute atomic E-state index is 2.46. The fourth-order valence-corrected chi connectivity index (χ4v) is 8.73. The molecule has 0 unspecified atom stereocenters. The van der Waals surface area contributed by atoms with E-state index in [1.54, 1.807) is 0 Å². The fourth-order valence-electron chi connectivity index (χ4n) is 8.73. The van der Waals surface area contributed by atoms with Gasteiger partial charge in [0, 0.05) is 10.8 Å². The van der Waals surface area contributed by atoms with Crippen LogP contribution in [0.2, 0.25) is 0 Å². The minimum Gasteiger partial charge on any atom is -0.0619 e. The Morgan fingerprint density at radius 2 is 0.911 bits per heavy atom. The normalized spacial score (nSPS) is 15.1. The molecule has 0 aliphatic heterocycles. The van der Waals surface area contributed by atoms with Crippen LogP contribution in [0.3, 0.4) is 0 Å². The number of benzene rings is 7. The molecule has 7 aromatic rings. The highest BCUT2D eigenvalue weighted by atomic mass is 14.4. The number of aryl methyl sites for hydroxylation is 1. The number of fused-ring (bicyclic) bond motifs is 8. The van der Waals surface area contributed by atoms with E-state index in [2.05, 4.69) is 162 Å². The highest BCUT2D eigenvalue weighted by molar-refractivity contribution is 6.23. The molecule has 0 nitrogen and oxygen atoms in total. The largest absolute Gasteiger partial charge is 0.0619 e. The highest BCUT2D eigenvalue weighted by Crippen LogP contribution is 2.55. The lowest BCUT2D eigenvalue weighted by molar-refractivity contribution is 0.660. The van der Waals surface area contributed by atoms with Gasteiger partial charge < -0.3 is 0 Å². The predicted molar refractivity (Wildman–Crippen MR) is 192 cm³/mol. The monoisotopic (exact) mass is 576 g/mol. The standard InChI is InChI=1S/C45H36/c1-27-21-23-32-36(25-27)41(28-22-24-39-35(26-28)29-13-8-10-18-37(29)44(39,2)3)30-14-6-7-15-31(30)42(32)34-17-12-20-40-43(34)33-16-9-11-19-38(33)45(40,4)5/h6-26H,1-5H3. The molecule has 0 heteroatoms. The summed E-state index contributed by atoms with van der Waals surface area (Å²) in [7, 11) is 0. The highest BCUT2D eigenvalue weighted by Gasteiger charge is 2.38. The molecular formula is C45H36. The Labute approximate surface area is 266 Å². The van der Waals surface area contributed by atoms with Crippen molar-refractivity contribution in [2.45, 2.75) is 45.4 Å². The Balaban J connectivity index is 1.39. The van der Waals surface area contributed by atoms with Gasteiger partial charge in [0.05, 0.1) is 0 Å². The lowest BCUT2D eigenvalue weighted by Crippen LogP contribution is -2.14. The number of rotatable bonds is 2. The van der Waals surface area contributed by atoms with Gasteiger partial charge in [0.25, 0.3) is 0 Å².